The minimum absolute atomic E-state index is 0. The Labute approximate surface area is 158 Å². The first-order chi connectivity index (χ1) is 10.8. The molecule has 2 fully saturated rings. The van der Waals surface area contributed by atoms with Gasteiger partial charge in [0.05, 0.1) is 13.2 Å². The van der Waals surface area contributed by atoms with Gasteiger partial charge in [-0.3, -0.25) is 0 Å². The Morgan fingerprint density at radius 1 is 0.680 bits per heavy atom. The van der Waals surface area contributed by atoms with Crippen LogP contribution in [0.5, 0.6) is 0 Å². The first kappa shape index (κ1) is 25.3. The number of hydrogen-bond donors (Lipinski definition) is 8. The molecule has 0 saturated carbocycles. The molecule has 0 aliphatic carbocycles. The number of hydrogen-bond acceptors (Lipinski definition) is 11. The Balaban J connectivity index is 0.00000288. The Kier molecular flexibility index (Phi) is 10.7. The maximum Gasteiger partial charge on any atom is 2.00 e. The molecule has 0 radical (unpaired) electrons. The van der Waals surface area contributed by atoms with Crippen molar-refractivity contribution in [3.05, 3.63) is 0 Å². The molecule has 13 heteroatoms. The summed E-state index contributed by atoms with van der Waals surface area (Å²) in [5, 5.41) is 76.5. The van der Waals surface area contributed by atoms with E-state index in [1.165, 1.54) is 0 Å². The van der Waals surface area contributed by atoms with E-state index in [1.807, 2.05) is 0 Å². The summed E-state index contributed by atoms with van der Waals surface area (Å²) in [5.41, 5.74) is 0. The number of aliphatic hydroxyl groups excluding tert-OH is 8. The van der Waals surface area contributed by atoms with Gasteiger partial charge in [-0.05, 0) is 0 Å². The van der Waals surface area contributed by atoms with Gasteiger partial charge in [-0.1, -0.05) is 0 Å². The largest absolute Gasteiger partial charge is 2.00 e. The zero-order valence-electron chi connectivity index (χ0n) is 13.1. The van der Waals surface area contributed by atoms with Crippen LogP contribution in [0.15, 0.2) is 0 Å². The molecule has 2 rings (SSSR count). The van der Waals surface area contributed by atoms with Gasteiger partial charge >= 0.3 is 23.1 Å². The molecule has 0 aromatic heterocycles. The summed E-state index contributed by atoms with van der Waals surface area (Å²) in [5.74, 6) is 0. The Morgan fingerprint density at radius 3 is 1.76 bits per heavy atom. The Bertz CT molecular complexity index is 385. The van der Waals surface area contributed by atoms with E-state index in [0.717, 1.165) is 0 Å². The van der Waals surface area contributed by atoms with Crippen LogP contribution >= 0.6 is 0 Å². The minimum atomic E-state index is -1.74. The smallest absolute Gasteiger partial charge is 2.00 e. The summed E-state index contributed by atoms with van der Waals surface area (Å²) in [6, 6.07) is 0. The van der Waals surface area contributed by atoms with E-state index in [1.54, 1.807) is 0 Å². The summed E-state index contributed by atoms with van der Waals surface area (Å²) in [4.78, 5) is 0. The fraction of sp³-hybridized carbons (Fsp3) is 1.00. The third kappa shape index (κ3) is 5.17. The van der Waals surface area contributed by atoms with Crippen molar-refractivity contribution in [3.63, 3.8) is 0 Å². The molecule has 1 unspecified atom stereocenters. The van der Waals surface area contributed by atoms with Crippen molar-refractivity contribution in [1.82, 2.24) is 0 Å². The van der Waals surface area contributed by atoms with Gasteiger partial charge in [0, 0.05) is 0 Å². The molecule has 25 heavy (non-hydrogen) atoms. The molecule has 2 heterocycles. The van der Waals surface area contributed by atoms with E-state index < -0.39 is 74.6 Å². The molecule has 0 aromatic carbocycles. The first-order valence-electron chi connectivity index (χ1n) is 7.08. The molecule has 10 atom stereocenters. The van der Waals surface area contributed by atoms with Crippen molar-refractivity contribution >= 4 is 23.1 Å². The van der Waals surface area contributed by atoms with Crippen LogP contribution in [0.3, 0.4) is 0 Å². The van der Waals surface area contributed by atoms with Crippen molar-refractivity contribution in [2.45, 2.75) is 61.4 Å². The van der Waals surface area contributed by atoms with Gasteiger partial charge in [0.2, 0.25) is 0 Å². The van der Waals surface area contributed by atoms with Crippen LogP contribution in [-0.4, -0.2) is 139 Å². The third-order valence-corrected chi connectivity index (χ3v) is 3.98. The molecule has 144 valence electrons. The molecule has 2 aliphatic heterocycles. The normalized spacial score (nSPS) is 47.5. The summed E-state index contributed by atoms with van der Waals surface area (Å²) < 4.78 is 15.3. The van der Waals surface area contributed by atoms with Crippen LogP contribution in [0.1, 0.15) is 0 Å². The van der Waals surface area contributed by atoms with Crippen molar-refractivity contribution < 1.29 is 60.5 Å². The quantitative estimate of drug-likeness (QED) is 0.214. The average Bonchev–Trinajstić information content (AvgIpc) is 2.55. The van der Waals surface area contributed by atoms with Crippen molar-refractivity contribution in [2.75, 3.05) is 13.2 Å². The van der Waals surface area contributed by atoms with E-state index in [0.29, 0.717) is 0 Å². The Hall–Kier alpha value is 0.286. The molecule has 0 amide bonds. The molecule has 0 bridgehead atoms. The molecule has 12 nitrogen and oxygen atoms in total. The average molecular weight is 383 g/mol. The van der Waals surface area contributed by atoms with E-state index in [-0.39, 0.29) is 28.5 Å². The summed E-state index contributed by atoms with van der Waals surface area (Å²) in [7, 11) is 0. The van der Waals surface area contributed by atoms with Gasteiger partial charge in [-0.2, -0.15) is 0 Å². The van der Waals surface area contributed by atoms with E-state index in [9.17, 15) is 35.7 Å². The first-order valence-corrected chi connectivity index (χ1v) is 7.08. The fourth-order valence-electron chi connectivity index (χ4n) is 2.57. The SMILES string of the molecule is OC[C@H]1O[C@@H](O[C@H]2[C@H](O)[C@@H](O)C(O)O[C@@H]2CO)[C@H](O)[C@@H](O)[C@H]1O.[Mg+2].[O-2]. The summed E-state index contributed by atoms with van der Waals surface area (Å²) in [6.07, 6.45) is -15.6. The zero-order valence-corrected chi connectivity index (χ0v) is 14.5. The molecule has 2 aliphatic rings. The predicted octanol–water partition coefficient (Wildman–Crippen LogP) is -5.90. The molecular weight excluding hydrogens is 360 g/mol. The van der Waals surface area contributed by atoms with Gasteiger partial charge < -0.3 is 60.5 Å². The number of ether oxygens (including phenoxy) is 3. The Morgan fingerprint density at radius 2 is 1.24 bits per heavy atom. The van der Waals surface area contributed by atoms with Crippen molar-refractivity contribution in [1.29, 1.82) is 0 Å². The second-order valence-corrected chi connectivity index (χ2v) is 5.53. The monoisotopic (exact) mass is 382 g/mol. The maximum atomic E-state index is 9.94. The van der Waals surface area contributed by atoms with Gasteiger partial charge in [-0.15, -0.1) is 0 Å². The zero-order chi connectivity index (χ0) is 17.3. The molecular formula is C12H22MgO12. The molecule has 8 N–H and O–H groups in total. The standard InChI is InChI=1S/C12H22O11.Mg.O/c13-1-3-5(15)6(16)9(19)12(22-3)23-10-4(2-14)21-11(20)8(18)7(10)17;;/h3-20H,1-2H2;;/q;+2;-2/t3-,4-,5+,6+,7-,8-,9-,10-,11?,12+;;/m1../s1. The topological polar surface area (TPSA) is 218 Å². The summed E-state index contributed by atoms with van der Waals surface area (Å²) >= 11 is 0. The maximum absolute atomic E-state index is 9.94. The van der Waals surface area contributed by atoms with Crippen LogP contribution in [0.4, 0.5) is 0 Å². The van der Waals surface area contributed by atoms with Gasteiger partial charge in [0.1, 0.15) is 48.8 Å². The second-order valence-electron chi connectivity index (χ2n) is 5.53. The summed E-state index contributed by atoms with van der Waals surface area (Å²) in [6.45, 7) is -1.35. The van der Waals surface area contributed by atoms with E-state index in [2.05, 4.69) is 0 Å². The van der Waals surface area contributed by atoms with E-state index in [4.69, 9.17) is 19.3 Å². The molecule has 0 spiro atoms. The van der Waals surface area contributed by atoms with Crippen LogP contribution < -0.4 is 0 Å². The second kappa shape index (κ2) is 10.6. The molecule has 2 saturated heterocycles. The van der Waals surface area contributed by atoms with Crippen molar-refractivity contribution in [3.8, 4) is 0 Å². The van der Waals surface area contributed by atoms with Crippen LogP contribution in [0.2, 0.25) is 0 Å². The van der Waals surface area contributed by atoms with Crippen LogP contribution in [0.25, 0.3) is 0 Å². The van der Waals surface area contributed by atoms with Crippen LogP contribution in [-0.2, 0) is 19.7 Å². The minimum Gasteiger partial charge on any atom is -2.00 e. The third-order valence-electron chi connectivity index (χ3n) is 3.98. The fourth-order valence-corrected chi connectivity index (χ4v) is 2.57. The van der Waals surface area contributed by atoms with Gasteiger partial charge in [0.25, 0.3) is 0 Å². The van der Waals surface area contributed by atoms with Crippen molar-refractivity contribution in [2.24, 2.45) is 0 Å². The molecule has 0 aromatic rings. The van der Waals surface area contributed by atoms with Gasteiger partial charge in [-0.25, -0.2) is 0 Å². The number of aliphatic hydroxyl groups is 8. The van der Waals surface area contributed by atoms with E-state index >= 15 is 0 Å². The predicted molar refractivity (Wildman–Crippen MR) is 75.1 cm³/mol. The van der Waals surface area contributed by atoms with Gasteiger partial charge in [0.15, 0.2) is 12.6 Å². The number of rotatable bonds is 4. The van der Waals surface area contributed by atoms with Crippen LogP contribution in [0, 0.1) is 0 Å².